The van der Waals surface area contributed by atoms with E-state index >= 15 is 0 Å². The Kier molecular flexibility index (Phi) is 3.71. The highest BCUT2D eigenvalue weighted by Crippen LogP contribution is 2.17. The molecule has 0 unspecified atom stereocenters. The fourth-order valence-electron chi connectivity index (χ4n) is 2.08. The second kappa shape index (κ2) is 5.10. The number of carbonyl (C=O) groups is 1. The quantitative estimate of drug-likeness (QED) is 0.643. The van der Waals surface area contributed by atoms with Crippen LogP contribution in [-0.4, -0.2) is 25.5 Å². The van der Waals surface area contributed by atoms with E-state index in [9.17, 15) is 4.79 Å². The Balaban J connectivity index is 2.53. The van der Waals surface area contributed by atoms with Gasteiger partial charge in [-0.25, -0.2) is 0 Å². The van der Waals surface area contributed by atoms with Crippen LogP contribution in [0.1, 0.15) is 28.8 Å². The van der Waals surface area contributed by atoms with Gasteiger partial charge in [-0.2, -0.15) is 5.10 Å². The molecular weight excluding hydrogens is 294 g/mol. The molecule has 0 spiro atoms. The summed E-state index contributed by atoms with van der Waals surface area (Å²) in [5.41, 5.74) is 2.88. The number of halogens is 1. The number of Topliss-reactive ketones (excluding diaryl/α,β-unsaturated/α-hetero) is 1. The first-order chi connectivity index (χ1) is 8.54. The van der Waals surface area contributed by atoms with Gasteiger partial charge in [0.2, 0.25) is 0 Å². The van der Waals surface area contributed by atoms with Gasteiger partial charge in [0.15, 0.2) is 11.6 Å². The third-order valence-corrected chi connectivity index (χ3v) is 3.28. The van der Waals surface area contributed by atoms with Gasteiger partial charge >= 0.3 is 0 Å². The molecule has 0 radical (unpaired) electrons. The molecule has 4 nitrogen and oxygen atoms in total. The molecule has 18 heavy (non-hydrogen) atoms. The second-order valence-electron chi connectivity index (χ2n) is 4.31. The Bertz CT molecular complexity index is 564. The van der Waals surface area contributed by atoms with Gasteiger partial charge in [-0.15, -0.1) is 0 Å². The number of ketones is 1. The maximum absolute atomic E-state index is 11.6. The Labute approximate surface area is 115 Å². The van der Waals surface area contributed by atoms with Crippen LogP contribution < -0.4 is 0 Å². The number of aryl methyl sites for hydroxylation is 3. The van der Waals surface area contributed by atoms with Gasteiger partial charge in [-0.3, -0.25) is 9.48 Å². The smallest absolute Gasteiger partial charge is 0.177 e. The van der Waals surface area contributed by atoms with Crippen molar-refractivity contribution in [1.29, 1.82) is 0 Å². The van der Waals surface area contributed by atoms with Crippen LogP contribution in [-0.2, 0) is 6.54 Å². The van der Waals surface area contributed by atoms with Gasteiger partial charge in [-0.05, 0) is 26.0 Å². The minimum atomic E-state index is 0.0390. The van der Waals surface area contributed by atoms with Crippen molar-refractivity contribution in [3.8, 4) is 5.82 Å². The van der Waals surface area contributed by atoms with Crippen molar-refractivity contribution in [2.75, 3.05) is 5.33 Å². The molecule has 0 saturated carbocycles. The van der Waals surface area contributed by atoms with Crippen LogP contribution >= 0.6 is 15.9 Å². The maximum atomic E-state index is 11.6. The van der Waals surface area contributed by atoms with Gasteiger partial charge in [0.1, 0.15) is 5.69 Å². The first-order valence-corrected chi connectivity index (χ1v) is 6.97. The van der Waals surface area contributed by atoms with E-state index in [4.69, 9.17) is 0 Å². The van der Waals surface area contributed by atoms with Crippen molar-refractivity contribution in [3.05, 3.63) is 35.3 Å². The molecule has 0 fully saturated rings. The molecule has 0 saturated heterocycles. The molecule has 5 heteroatoms. The topological polar surface area (TPSA) is 39.8 Å². The average Bonchev–Trinajstić information content (AvgIpc) is 2.84. The predicted octanol–water partition coefficient (Wildman–Crippen LogP) is 2.89. The normalized spacial score (nSPS) is 10.9. The van der Waals surface area contributed by atoms with Crippen molar-refractivity contribution < 1.29 is 4.79 Å². The largest absolute Gasteiger partial charge is 0.302 e. The molecule has 0 atom stereocenters. The van der Waals surface area contributed by atoms with E-state index in [1.807, 2.05) is 32.0 Å². The molecule has 2 aromatic rings. The summed E-state index contributed by atoms with van der Waals surface area (Å²) in [6.07, 6.45) is 0. The number of hydrogen-bond acceptors (Lipinski definition) is 2. The summed E-state index contributed by atoms with van der Waals surface area (Å²) in [6.45, 7) is 6.32. The number of nitrogens with zero attached hydrogens (tertiary/aromatic N) is 3. The number of alkyl halides is 1. The molecule has 0 N–H and O–H groups in total. The van der Waals surface area contributed by atoms with Gasteiger partial charge in [0.25, 0.3) is 0 Å². The average molecular weight is 310 g/mol. The van der Waals surface area contributed by atoms with Crippen LogP contribution in [0.3, 0.4) is 0 Å². The minimum Gasteiger partial charge on any atom is -0.302 e. The summed E-state index contributed by atoms with van der Waals surface area (Å²) in [5.74, 6) is 0.846. The van der Waals surface area contributed by atoms with E-state index in [0.717, 1.165) is 22.5 Å². The van der Waals surface area contributed by atoms with Crippen LogP contribution in [0.5, 0.6) is 0 Å². The zero-order valence-electron chi connectivity index (χ0n) is 10.8. The fourth-order valence-corrected chi connectivity index (χ4v) is 2.41. The van der Waals surface area contributed by atoms with E-state index in [1.54, 1.807) is 11.6 Å². The second-order valence-corrected chi connectivity index (χ2v) is 5.10. The van der Waals surface area contributed by atoms with Crippen molar-refractivity contribution in [2.45, 2.75) is 27.3 Å². The summed E-state index contributed by atoms with van der Waals surface area (Å²) in [6, 6.07) is 5.95. The van der Waals surface area contributed by atoms with E-state index in [1.165, 1.54) is 0 Å². The van der Waals surface area contributed by atoms with E-state index < -0.39 is 0 Å². The molecule has 0 aliphatic rings. The Morgan fingerprint density at radius 1 is 1.33 bits per heavy atom. The lowest BCUT2D eigenvalue weighted by molar-refractivity contribution is 0.100. The highest BCUT2D eigenvalue weighted by atomic mass is 79.9. The van der Waals surface area contributed by atoms with Crippen LogP contribution in [0.15, 0.2) is 18.2 Å². The van der Waals surface area contributed by atoms with Crippen molar-refractivity contribution in [2.24, 2.45) is 0 Å². The Morgan fingerprint density at radius 3 is 2.44 bits per heavy atom. The Hall–Kier alpha value is -1.36. The summed E-state index contributed by atoms with van der Waals surface area (Å²) < 4.78 is 3.81. The first-order valence-electron chi connectivity index (χ1n) is 5.84. The lowest BCUT2D eigenvalue weighted by Gasteiger charge is -2.04. The molecule has 2 aromatic heterocycles. The van der Waals surface area contributed by atoms with E-state index in [0.29, 0.717) is 12.2 Å². The fraction of sp³-hybridized carbons (Fsp3) is 0.385. The van der Waals surface area contributed by atoms with Crippen molar-refractivity contribution in [3.63, 3.8) is 0 Å². The monoisotopic (exact) mass is 309 g/mol. The molecule has 0 aliphatic carbocycles. The molecule has 0 bridgehead atoms. The van der Waals surface area contributed by atoms with Gasteiger partial charge < -0.3 is 4.57 Å². The van der Waals surface area contributed by atoms with Crippen LogP contribution in [0.4, 0.5) is 0 Å². The standard InChI is InChI=1S/C13H16BrN3O/c1-9-4-5-10(2)17(9)13-8-12(11(3)18)16(15-13)7-6-14/h4-5,8H,6-7H2,1-3H3. The molecular formula is C13H16BrN3O. The summed E-state index contributed by atoms with van der Waals surface area (Å²) in [4.78, 5) is 11.6. The molecule has 96 valence electrons. The van der Waals surface area contributed by atoms with Crippen LogP contribution in [0, 0.1) is 13.8 Å². The van der Waals surface area contributed by atoms with Crippen LogP contribution in [0.25, 0.3) is 5.82 Å². The van der Waals surface area contributed by atoms with Crippen molar-refractivity contribution in [1.82, 2.24) is 14.3 Å². The number of carbonyl (C=O) groups excluding carboxylic acids is 1. The zero-order chi connectivity index (χ0) is 13.3. The van der Waals surface area contributed by atoms with Gasteiger partial charge in [-0.1, -0.05) is 15.9 Å². The third kappa shape index (κ3) is 2.27. The minimum absolute atomic E-state index is 0.0390. The predicted molar refractivity (Wildman–Crippen MR) is 74.8 cm³/mol. The number of aromatic nitrogens is 3. The highest BCUT2D eigenvalue weighted by molar-refractivity contribution is 9.09. The lowest BCUT2D eigenvalue weighted by atomic mass is 10.3. The molecule has 2 heterocycles. The first kappa shape index (κ1) is 13.1. The molecule has 0 aliphatic heterocycles. The van der Waals surface area contributed by atoms with E-state index in [-0.39, 0.29) is 5.78 Å². The third-order valence-electron chi connectivity index (χ3n) is 2.92. The van der Waals surface area contributed by atoms with Gasteiger partial charge in [0, 0.05) is 29.7 Å². The highest BCUT2D eigenvalue weighted by Gasteiger charge is 2.14. The Morgan fingerprint density at radius 2 is 1.94 bits per heavy atom. The summed E-state index contributed by atoms with van der Waals surface area (Å²) in [7, 11) is 0. The summed E-state index contributed by atoms with van der Waals surface area (Å²) >= 11 is 3.38. The van der Waals surface area contributed by atoms with Crippen LogP contribution in [0.2, 0.25) is 0 Å². The number of rotatable bonds is 4. The van der Waals surface area contributed by atoms with Gasteiger partial charge in [0.05, 0.1) is 6.54 Å². The molecule has 0 amide bonds. The lowest BCUT2D eigenvalue weighted by Crippen LogP contribution is -2.09. The molecule has 2 rings (SSSR count). The summed E-state index contributed by atoms with van der Waals surface area (Å²) in [5, 5.41) is 5.29. The van der Waals surface area contributed by atoms with E-state index in [2.05, 4.69) is 25.6 Å². The maximum Gasteiger partial charge on any atom is 0.177 e. The zero-order valence-corrected chi connectivity index (χ0v) is 12.4. The SMILES string of the molecule is CC(=O)c1cc(-n2c(C)ccc2C)nn1CCBr. The van der Waals surface area contributed by atoms with Crippen molar-refractivity contribution >= 4 is 21.7 Å². The molecule has 0 aromatic carbocycles. The number of hydrogen-bond donors (Lipinski definition) is 0.